The van der Waals surface area contributed by atoms with E-state index in [-0.39, 0.29) is 17.8 Å². The van der Waals surface area contributed by atoms with Crippen molar-refractivity contribution in [2.75, 3.05) is 12.4 Å². The van der Waals surface area contributed by atoms with Gasteiger partial charge in [0.15, 0.2) is 0 Å². The highest BCUT2D eigenvalue weighted by molar-refractivity contribution is 6.18. The first-order valence-electron chi connectivity index (χ1n) is 6.86. The lowest BCUT2D eigenvalue weighted by molar-refractivity contribution is -0.164. The molecule has 2 unspecified atom stereocenters. The Morgan fingerprint density at radius 3 is 2.58 bits per heavy atom. The van der Waals surface area contributed by atoms with Gasteiger partial charge in [-0.2, -0.15) is 0 Å². The van der Waals surface area contributed by atoms with Crippen LogP contribution in [0.25, 0.3) is 0 Å². The summed E-state index contributed by atoms with van der Waals surface area (Å²) in [6.45, 7) is 8.06. The minimum absolute atomic E-state index is 0.00922. The van der Waals surface area contributed by atoms with Crippen molar-refractivity contribution in [1.82, 2.24) is 4.90 Å². The summed E-state index contributed by atoms with van der Waals surface area (Å²) in [6.07, 6.45) is 1.90. The van der Waals surface area contributed by atoms with E-state index in [4.69, 9.17) is 16.3 Å². The number of hydrogen-bond acceptors (Lipinski definition) is 3. The number of carbonyl (C=O) groups is 2. The predicted molar refractivity (Wildman–Crippen MR) is 75.1 cm³/mol. The Balaban J connectivity index is 2.77. The monoisotopic (exact) mass is 289 g/mol. The zero-order chi connectivity index (χ0) is 14.6. The Morgan fingerprint density at radius 2 is 2.16 bits per heavy atom. The molecule has 0 bridgehead atoms. The van der Waals surface area contributed by atoms with E-state index in [1.807, 2.05) is 27.7 Å². The third-order valence-corrected chi connectivity index (χ3v) is 3.51. The number of alkyl halides is 1. The molecule has 1 heterocycles. The molecule has 1 saturated heterocycles. The maximum Gasteiger partial charge on any atom is 0.329 e. The number of nitrogens with zero attached hydrogens (tertiary/aromatic N) is 1. The van der Waals surface area contributed by atoms with Crippen LogP contribution in [0, 0.1) is 5.92 Å². The SMILES string of the molecule is CCCC(C(=O)OC(C)(C)C)N1CC(CCl)CC1=O. The molecule has 0 aromatic carbocycles. The number of halogens is 1. The molecule has 110 valence electrons. The second-order valence-electron chi connectivity index (χ2n) is 6.11. The fourth-order valence-electron chi connectivity index (χ4n) is 2.26. The van der Waals surface area contributed by atoms with Gasteiger partial charge in [0.05, 0.1) is 0 Å². The zero-order valence-corrected chi connectivity index (χ0v) is 13.0. The summed E-state index contributed by atoms with van der Waals surface area (Å²) in [6, 6.07) is -0.468. The van der Waals surface area contributed by atoms with Gasteiger partial charge in [-0.1, -0.05) is 13.3 Å². The molecule has 1 rings (SSSR count). The van der Waals surface area contributed by atoms with Crippen LogP contribution < -0.4 is 0 Å². The largest absolute Gasteiger partial charge is 0.458 e. The molecule has 4 nitrogen and oxygen atoms in total. The molecular weight excluding hydrogens is 266 g/mol. The minimum Gasteiger partial charge on any atom is -0.458 e. The van der Waals surface area contributed by atoms with Gasteiger partial charge in [0.25, 0.3) is 0 Å². The van der Waals surface area contributed by atoms with Gasteiger partial charge < -0.3 is 9.64 Å². The summed E-state index contributed by atoms with van der Waals surface area (Å²) in [5.41, 5.74) is -0.530. The third kappa shape index (κ3) is 4.68. The van der Waals surface area contributed by atoms with E-state index in [0.29, 0.717) is 25.3 Å². The summed E-state index contributed by atoms with van der Waals surface area (Å²) >= 11 is 5.81. The number of carbonyl (C=O) groups excluding carboxylic acids is 2. The number of ether oxygens (including phenoxy) is 1. The topological polar surface area (TPSA) is 46.6 Å². The normalized spacial score (nSPS) is 21.6. The van der Waals surface area contributed by atoms with Crippen molar-refractivity contribution >= 4 is 23.5 Å². The molecular formula is C14H24ClNO3. The van der Waals surface area contributed by atoms with Crippen molar-refractivity contribution in [3.63, 3.8) is 0 Å². The van der Waals surface area contributed by atoms with Crippen molar-refractivity contribution < 1.29 is 14.3 Å². The Kier molecular flexibility index (Phi) is 5.65. The van der Waals surface area contributed by atoms with Gasteiger partial charge in [0, 0.05) is 18.8 Å². The number of likely N-dealkylation sites (tertiary alicyclic amines) is 1. The van der Waals surface area contributed by atoms with Crippen molar-refractivity contribution in [1.29, 1.82) is 0 Å². The summed E-state index contributed by atoms with van der Waals surface area (Å²) in [4.78, 5) is 25.9. The molecule has 1 fully saturated rings. The zero-order valence-electron chi connectivity index (χ0n) is 12.2. The Morgan fingerprint density at radius 1 is 1.53 bits per heavy atom. The van der Waals surface area contributed by atoms with Gasteiger partial charge in [-0.15, -0.1) is 11.6 Å². The minimum atomic E-state index is -0.530. The van der Waals surface area contributed by atoms with Crippen LogP contribution in [-0.2, 0) is 14.3 Å². The van der Waals surface area contributed by atoms with E-state index in [0.717, 1.165) is 6.42 Å². The molecule has 19 heavy (non-hydrogen) atoms. The van der Waals surface area contributed by atoms with E-state index in [9.17, 15) is 9.59 Å². The van der Waals surface area contributed by atoms with Crippen LogP contribution in [0.1, 0.15) is 47.0 Å². The van der Waals surface area contributed by atoms with Gasteiger partial charge in [-0.3, -0.25) is 4.79 Å². The summed E-state index contributed by atoms with van der Waals surface area (Å²) in [5.74, 6) is 0.305. The Labute approximate surface area is 120 Å². The third-order valence-electron chi connectivity index (χ3n) is 3.07. The van der Waals surface area contributed by atoms with Crippen molar-refractivity contribution in [2.45, 2.75) is 58.6 Å². The highest BCUT2D eigenvalue weighted by atomic mass is 35.5. The molecule has 0 aromatic rings. The molecule has 0 aromatic heterocycles. The summed E-state index contributed by atoms with van der Waals surface area (Å²) in [7, 11) is 0. The highest BCUT2D eigenvalue weighted by Crippen LogP contribution is 2.24. The maximum atomic E-state index is 12.2. The predicted octanol–water partition coefficient (Wildman–Crippen LogP) is 2.58. The fraction of sp³-hybridized carbons (Fsp3) is 0.857. The molecule has 0 saturated carbocycles. The quantitative estimate of drug-likeness (QED) is 0.577. The van der Waals surface area contributed by atoms with E-state index < -0.39 is 11.6 Å². The first-order valence-corrected chi connectivity index (χ1v) is 7.40. The highest BCUT2D eigenvalue weighted by Gasteiger charge is 2.38. The standard InChI is InChI=1S/C14H24ClNO3/c1-5-6-11(13(18)19-14(2,3)4)16-9-10(8-15)7-12(16)17/h10-11H,5-9H2,1-4H3. The van der Waals surface area contributed by atoms with Crippen LogP contribution in [0.3, 0.4) is 0 Å². The molecule has 0 aliphatic carbocycles. The van der Waals surface area contributed by atoms with Gasteiger partial charge in [0.1, 0.15) is 11.6 Å². The van der Waals surface area contributed by atoms with E-state index >= 15 is 0 Å². The molecule has 1 aliphatic rings. The lowest BCUT2D eigenvalue weighted by atomic mass is 10.1. The maximum absolute atomic E-state index is 12.2. The fourth-order valence-corrected chi connectivity index (χ4v) is 2.46. The second kappa shape index (κ2) is 6.60. The first-order chi connectivity index (χ1) is 8.78. The molecule has 0 radical (unpaired) electrons. The molecule has 5 heteroatoms. The van der Waals surface area contributed by atoms with Crippen molar-refractivity contribution in [2.24, 2.45) is 5.92 Å². The summed E-state index contributed by atoms with van der Waals surface area (Å²) in [5, 5.41) is 0. The number of hydrogen-bond donors (Lipinski definition) is 0. The van der Waals surface area contributed by atoms with Crippen molar-refractivity contribution in [3.05, 3.63) is 0 Å². The number of amides is 1. The second-order valence-corrected chi connectivity index (χ2v) is 6.42. The van der Waals surface area contributed by atoms with Crippen LogP contribution >= 0.6 is 11.6 Å². The first kappa shape index (κ1) is 16.3. The van der Waals surface area contributed by atoms with Crippen LogP contribution in [0.15, 0.2) is 0 Å². The molecule has 1 aliphatic heterocycles. The van der Waals surface area contributed by atoms with E-state index in [1.54, 1.807) is 4.90 Å². The smallest absolute Gasteiger partial charge is 0.329 e. The molecule has 0 N–H and O–H groups in total. The van der Waals surface area contributed by atoms with Crippen LogP contribution in [0.4, 0.5) is 0 Å². The van der Waals surface area contributed by atoms with Crippen molar-refractivity contribution in [3.8, 4) is 0 Å². The number of rotatable bonds is 5. The van der Waals surface area contributed by atoms with Crippen LogP contribution in [-0.4, -0.2) is 40.8 Å². The summed E-state index contributed by atoms with van der Waals surface area (Å²) < 4.78 is 5.42. The van der Waals surface area contributed by atoms with E-state index in [1.165, 1.54) is 0 Å². The van der Waals surface area contributed by atoms with Gasteiger partial charge >= 0.3 is 5.97 Å². The lowest BCUT2D eigenvalue weighted by Gasteiger charge is -2.29. The molecule has 1 amide bonds. The van der Waals surface area contributed by atoms with Gasteiger partial charge in [-0.05, 0) is 33.1 Å². The van der Waals surface area contributed by atoms with Gasteiger partial charge in [-0.25, -0.2) is 4.79 Å². The van der Waals surface area contributed by atoms with Crippen LogP contribution in [0.5, 0.6) is 0 Å². The Hall–Kier alpha value is -0.770. The van der Waals surface area contributed by atoms with Gasteiger partial charge in [0.2, 0.25) is 5.91 Å². The van der Waals surface area contributed by atoms with Crippen LogP contribution in [0.2, 0.25) is 0 Å². The van der Waals surface area contributed by atoms with E-state index in [2.05, 4.69) is 0 Å². The molecule has 0 spiro atoms. The average molecular weight is 290 g/mol. The lowest BCUT2D eigenvalue weighted by Crippen LogP contribution is -2.45. The average Bonchev–Trinajstić information content (AvgIpc) is 2.65. The molecule has 2 atom stereocenters. The Bertz CT molecular complexity index is 338. The number of esters is 1.